The zero-order valence-corrected chi connectivity index (χ0v) is 13.1. The Kier molecular flexibility index (Phi) is 5.23. The molecular formula is C17H25NO3. The zero-order chi connectivity index (χ0) is 15.4. The molecule has 0 fully saturated rings. The minimum absolute atomic E-state index is 0.0866. The van der Waals surface area contributed by atoms with E-state index in [4.69, 9.17) is 4.74 Å². The number of carbonyl (C=O) groups is 1. The minimum Gasteiger partial charge on any atom is -0.481 e. The molecule has 1 aliphatic rings. The number of carbonyl (C=O) groups excluding carboxylic acids is 1. The van der Waals surface area contributed by atoms with Gasteiger partial charge in [-0.15, -0.1) is 0 Å². The van der Waals surface area contributed by atoms with Crippen LogP contribution in [0.5, 0.6) is 5.75 Å². The van der Waals surface area contributed by atoms with Crippen molar-refractivity contribution < 1.29 is 14.6 Å². The van der Waals surface area contributed by atoms with Gasteiger partial charge in [0.05, 0.1) is 6.10 Å². The third-order valence-electron chi connectivity index (χ3n) is 3.95. The molecule has 1 amide bonds. The van der Waals surface area contributed by atoms with E-state index in [1.807, 2.05) is 25.1 Å². The Balaban J connectivity index is 1.93. The third kappa shape index (κ3) is 3.97. The fourth-order valence-electron chi connectivity index (χ4n) is 2.77. The lowest BCUT2D eigenvalue weighted by atomic mass is 10.1. The van der Waals surface area contributed by atoms with Crippen LogP contribution in [0.2, 0.25) is 0 Å². The van der Waals surface area contributed by atoms with Crippen LogP contribution in [0.3, 0.4) is 0 Å². The number of ether oxygens (including phenoxy) is 1. The van der Waals surface area contributed by atoms with Crippen LogP contribution in [0, 0.1) is 0 Å². The fraction of sp³-hybridized carbons (Fsp3) is 0.588. The van der Waals surface area contributed by atoms with Crippen molar-refractivity contribution in [2.45, 2.75) is 64.7 Å². The van der Waals surface area contributed by atoms with Gasteiger partial charge in [-0.25, -0.2) is 0 Å². The van der Waals surface area contributed by atoms with Crippen LogP contribution < -0.4 is 10.1 Å². The first-order valence-corrected chi connectivity index (χ1v) is 7.79. The van der Waals surface area contributed by atoms with Gasteiger partial charge >= 0.3 is 0 Å². The number of aryl methyl sites for hydroxylation is 1. The van der Waals surface area contributed by atoms with Crippen LogP contribution in [0.4, 0.5) is 0 Å². The average molecular weight is 291 g/mol. The summed E-state index contributed by atoms with van der Waals surface area (Å²) in [6.45, 7) is 5.86. The second-order valence-corrected chi connectivity index (χ2v) is 5.87. The fourth-order valence-corrected chi connectivity index (χ4v) is 2.77. The Morgan fingerprint density at radius 3 is 2.95 bits per heavy atom. The van der Waals surface area contributed by atoms with Crippen molar-refractivity contribution in [2.24, 2.45) is 0 Å². The predicted molar refractivity (Wildman–Crippen MR) is 82.3 cm³/mol. The van der Waals surface area contributed by atoms with Crippen molar-refractivity contribution >= 4 is 5.91 Å². The topological polar surface area (TPSA) is 58.6 Å². The quantitative estimate of drug-likeness (QED) is 0.847. The van der Waals surface area contributed by atoms with E-state index in [0.29, 0.717) is 5.75 Å². The molecule has 1 aliphatic carbocycles. The smallest absolute Gasteiger partial charge is 0.260 e. The molecule has 1 aromatic carbocycles. The number of fused-ring (bicyclic) bond motifs is 1. The van der Waals surface area contributed by atoms with Gasteiger partial charge in [0.25, 0.3) is 5.91 Å². The van der Waals surface area contributed by atoms with Crippen LogP contribution in [0.1, 0.15) is 57.3 Å². The minimum atomic E-state index is -0.520. The summed E-state index contributed by atoms with van der Waals surface area (Å²) < 4.78 is 5.72. The molecule has 2 N–H and O–H groups in total. The lowest BCUT2D eigenvalue weighted by molar-refractivity contribution is -0.127. The molecule has 2 rings (SSSR count). The van der Waals surface area contributed by atoms with E-state index in [1.54, 1.807) is 6.92 Å². The molecule has 0 heterocycles. The molecule has 0 aromatic heterocycles. The Labute approximate surface area is 126 Å². The summed E-state index contributed by atoms with van der Waals surface area (Å²) in [5, 5.41) is 12.7. The largest absolute Gasteiger partial charge is 0.481 e. The van der Waals surface area contributed by atoms with Gasteiger partial charge < -0.3 is 15.2 Å². The molecule has 0 aliphatic heterocycles. The first-order chi connectivity index (χ1) is 10.0. The summed E-state index contributed by atoms with van der Waals surface area (Å²) >= 11 is 0. The van der Waals surface area contributed by atoms with E-state index in [0.717, 1.165) is 36.8 Å². The van der Waals surface area contributed by atoms with E-state index >= 15 is 0 Å². The van der Waals surface area contributed by atoms with Crippen molar-refractivity contribution in [3.8, 4) is 5.75 Å². The molecule has 0 saturated heterocycles. The number of hydrogen-bond acceptors (Lipinski definition) is 3. The Hall–Kier alpha value is -1.55. The van der Waals surface area contributed by atoms with Gasteiger partial charge in [-0.05, 0) is 56.4 Å². The number of aliphatic hydroxyl groups excluding tert-OH is 1. The van der Waals surface area contributed by atoms with E-state index in [2.05, 4.69) is 12.2 Å². The van der Waals surface area contributed by atoms with Crippen molar-refractivity contribution in [3.05, 3.63) is 29.3 Å². The molecule has 21 heavy (non-hydrogen) atoms. The number of aliphatic hydroxyl groups is 1. The average Bonchev–Trinajstić information content (AvgIpc) is 2.80. The van der Waals surface area contributed by atoms with Crippen LogP contribution in [0.15, 0.2) is 18.2 Å². The van der Waals surface area contributed by atoms with Gasteiger partial charge in [0, 0.05) is 6.04 Å². The van der Waals surface area contributed by atoms with Gasteiger partial charge in [0.1, 0.15) is 5.75 Å². The van der Waals surface area contributed by atoms with E-state index < -0.39 is 6.10 Å². The Morgan fingerprint density at radius 2 is 2.24 bits per heavy atom. The number of hydrogen-bond donors (Lipinski definition) is 2. The van der Waals surface area contributed by atoms with Gasteiger partial charge in [-0.3, -0.25) is 4.79 Å². The highest BCUT2D eigenvalue weighted by Gasteiger charge is 2.22. The van der Waals surface area contributed by atoms with E-state index in [-0.39, 0.29) is 18.1 Å². The SMILES string of the molecule is CCCC(C)NC(=O)C(C)Oc1ccc2c(c1)CC[C@@H]2O. The lowest BCUT2D eigenvalue weighted by Crippen LogP contribution is -2.41. The summed E-state index contributed by atoms with van der Waals surface area (Å²) in [6, 6.07) is 5.83. The number of nitrogens with one attached hydrogen (secondary N) is 1. The molecule has 4 heteroatoms. The number of amides is 1. The third-order valence-corrected chi connectivity index (χ3v) is 3.95. The molecule has 0 radical (unpaired) electrons. The van der Waals surface area contributed by atoms with Gasteiger partial charge in [-0.2, -0.15) is 0 Å². The van der Waals surface area contributed by atoms with E-state index in [9.17, 15) is 9.90 Å². The summed E-state index contributed by atoms with van der Waals surface area (Å²) in [7, 11) is 0. The Bertz CT molecular complexity index is 501. The van der Waals surface area contributed by atoms with E-state index in [1.165, 1.54) is 0 Å². The maximum absolute atomic E-state index is 12.0. The highest BCUT2D eigenvalue weighted by atomic mass is 16.5. The molecule has 2 unspecified atom stereocenters. The van der Waals surface area contributed by atoms with Crippen molar-refractivity contribution in [3.63, 3.8) is 0 Å². The molecule has 1 aromatic rings. The van der Waals surface area contributed by atoms with Crippen molar-refractivity contribution in [1.29, 1.82) is 0 Å². The van der Waals surface area contributed by atoms with Crippen LogP contribution >= 0.6 is 0 Å². The Morgan fingerprint density at radius 1 is 1.48 bits per heavy atom. The zero-order valence-electron chi connectivity index (χ0n) is 13.1. The van der Waals surface area contributed by atoms with Crippen LogP contribution in [-0.4, -0.2) is 23.2 Å². The van der Waals surface area contributed by atoms with Crippen LogP contribution in [-0.2, 0) is 11.2 Å². The van der Waals surface area contributed by atoms with Crippen molar-refractivity contribution in [1.82, 2.24) is 5.32 Å². The normalized spacial score (nSPS) is 19.7. The summed E-state index contributed by atoms with van der Waals surface area (Å²) in [5.41, 5.74) is 2.10. The predicted octanol–water partition coefficient (Wildman–Crippen LogP) is 2.74. The highest BCUT2D eigenvalue weighted by Crippen LogP contribution is 2.33. The molecular weight excluding hydrogens is 266 g/mol. The molecule has 3 atom stereocenters. The lowest BCUT2D eigenvalue weighted by Gasteiger charge is -2.18. The number of benzene rings is 1. The second kappa shape index (κ2) is 6.94. The summed E-state index contributed by atoms with van der Waals surface area (Å²) in [6.07, 6.45) is 2.77. The maximum Gasteiger partial charge on any atom is 0.260 e. The highest BCUT2D eigenvalue weighted by molar-refractivity contribution is 5.80. The number of rotatable bonds is 6. The first kappa shape index (κ1) is 15.8. The summed E-state index contributed by atoms with van der Waals surface area (Å²) in [5.74, 6) is 0.602. The standard InChI is InChI=1S/C17H25NO3/c1-4-5-11(2)18-17(20)12(3)21-14-7-8-15-13(10-14)6-9-16(15)19/h7-8,10-12,16,19H,4-6,9H2,1-3H3,(H,18,20)/t11?,12?,16-/m0/s1. The summed E-state index contributed by atoms with van der Waals surface area (Å²) in [4.78, 5) is 12.0. The second-order valence-electron chi connectivity index (χ2n) is 5.87. The molecule has 0 saturated carbocycles. The van der Waals surface area contributed by atoms with Gasteiger partial charge in [0.15, 0.2) is 6.10 Å². The molecule has 0 bridgehead atoms. The van der Waals surface area contributed by atoms with Gasteiger partial charge in [-0.1, -0.05) is 19.4 Å². The van der Waals surface area contributed by atoms with Crippen LogP contribution in [0.25, 0.3) is 0 Å². The maximum atomic E-state index is 12.0. The molecule has 116 valence electrons. The first-order valence-electron chi connectivity index (χ1n) is 7.79. The monoisotopic (exact) mass is 291 g/mol. The van der Waals surface area contributed by atoms with Gasteiger partial charge in [0.2, 0.25) is 0 Å². The molecule has 4 nitrogen and oxygen atoms in total. The van der Waals surface area contributed by atoms with Crippen molar-refractivity contribution in [2.75, 3.05) is 0 Å². The molecule has 0 spiro atoms.